The van der Waals surface area contributed by atoms with Gasteiger partial charge in [-0.3, -0.25) is 4.98 Å². The minimum Gasteiger partial charge on any atom is -0.326 e. The Bertz CT molecular complexity index is 464. The summed E-state index contributed by atoms with van der Waals surface area (Å²) in [5, 5.41) is 0. The van der Waals surface area contributed by atoms with Crippen LogP contribution in [-0.4, -0.2) is 13.4 Å². The van der Waals surface area contributed by atoms with Crippen molar-refractivity contribution < 1.29 is 17.2 Å². The molecule has 0 aliphatic heterocycles. The topological polar surface area (TPSA) is 73.0 Å². The summed E-state index contributed by atoms with van der Waals surface area (Å²) in [5.41, 5.74) is 4.38. The molecule has 0 saturated heterocycles. The smallest absolute Gasteiger partial charge is 0.281 e. The Balaban J connectivity index is 3.55. The van der Waals surface area contributed by atoms with Crippen LogP contribution in [0, 0.1) is 0 Å². The molecule has 1 rings (SSSR count). The molecular weight excluding hydrogens is 250 g/mol. The van der Waals surface area contributed by atoms with Crippen LogP contribution in [0.3, 0.4) is 0 Å². The molecule has 0 spiro atoms. The van der Waals surface area contributed by atoms with E-state index in [2.05, 4.69) is 4.98 Å². The van der Waals surface area contributed by atoms with E-state index in [4.69, 9.17) is 16.4 Å². The summed E-state index contributed by atoms with van der Waals surface area (Å²) in [6.45, 7) is -0.205. The molecule has 4 nitrogen and oxygen atoms in total. The van der Waals surface area contributed by atoms with Crippen LogP contribution in [-0.2, 0) is 15.6 Å². The molecule has 0 unspecified atom stereocenters. The summed E-state index contributed by atoms with van der Waals surface area (Å²) >= 11 is 0. The van der Waals surface area contributed by atoms with Gasteiger partial charge >= 0.3 is 0 Å². The summed E-state index contributed by atoms with van der Waals surface area (Å²) in [6, 6.07) is 1.24. The number of halogens is 3. The lowest BCUT2D eigenvalue weighted by atomic mass is 10.2. The number of nitrogens with zero attached hydrogens (tertiary/aromatic N) is 1. The highest BCUT2D eigenvalue weighted by Crippen LogP contribution is 2.29. The van der Waals surface area contributed by atoms with Crippen molar-refractivity contribution in [2.45, 2.75) is 17.9 Å². The molecule has 0 aromatic carbocycles. The third kappa shape index (κ3) is 2.61. The fourth-order valence-electron chi connectivity index (χ4n) is 1.10. The summed E-state index contributed by atoms with van der Waals surface area (Å²) in [5.74, 6) is 0. The molecule has 0 fully saturated rings. The Morgan fingerprint density at radius 2 is 2.13 bits per heavy atom. The zero-order valence-corrected chi connectivity index (χ0v) is 8.89. The summed E-state index contributed by atoms with van der Waals surface area (Å²) in [4.78, 5) is 2.59. The van der Waals surface area contributed by atoms with E-state index in [0.717, 1.165) is 6.20 Å². The second-order valence-electron chi connectivity index (χ2n) is 2.63. The number of hydrogen-bond acceptors (Lipinski definition) is 4. The molecule has 0 amide bonds. The highest BCUT2D eigenvalue weighted by molar-refractivity contribution is 8.13. The van der Waals surface area contributed by atoms with Crippen LogP contribution in [0.15, 0.2) is 17.2 Å². The maximum atomic E-state index is 12.4. The Labute approximate surface area is 89.5 Å². The minimum atomic E-state index is -4.27. The molecule has 1 aromatic heterocycles. The van der Waals surface area contributed by atoms with E-state index in [0.29, 0.717) is 0 Å². The molecule has 0 atom stereocenters. The monoisotopic (exact) mass is 256 g/mol. The fourth-order valence-corrected chi connectivity index (χ4v) is 2.49. The van der Waals surface area contributed by atoms with E-state index >= 15 is 0 Å². The van der Waals surface area contributed by atoms with Gasteiger partial charge in [0.1, 0.15) is 10.6 Å². The van der Waals surface area contributed by atoms with Gasteiger partial charge in [-0.15, -0.1) is 0 Å². The molecule has 1 heterocycles. The standard InChI is InChI=1S/C7H7ClF2N2O2S/c8-15(13,14)6-4(3-11)1-2-12-5(6)7(9)10/h1-2,7H,3,11H2. The van der Waals surface area contributed by atoms with Gasteiger partial charge in [-0.1, -0.05) is 0 Å². The SMILES string of the molecule is NCc1ccnc(C(F)F)c1S(=O)(=O)Cl. The van der Waals surface area contributed by atoms with Crippen molar-refractivity contribution in [2.24, 2.45) is 5.73 Å². The first-order valence-corrected chi connectivity index (χ1v) is 6.09. The summed E-state index contributed by atoms with van der Waals surface area (Å²) in [6.07, 6.45) is -1.95. The molecule has 0 aliphatic carbocycles. The van der Waals surface area contributed by atoms with Crippen LogP contribution >= 0.6 is 10.7 Å². The fraction of sp³-hybridized carbons (Fsp3) is 0.286. The molecule has 8 heteroatoms. The maximum absolute atomic E-state index is 12.4. The normalized spacial score (nSPS) is 12.1. The van der Waals surface area contributed by atoms with Gasteiger partial charge in [0, 0.05) is 23.4 Å². The number of hydrogen-bond donors (Lipinski definition) is 1. The van der Waals surface area contributed by atoms with Crippen molar-refractivity contribution in [1.29, 1.82) is 0 Å². The van der Waals surface area contributed by atoms with Gasteiger partial charge in [-0.05, 0) is 11.6 Å². The van der Waals surface area contributed by atoms with Gasteiger partial charge < -0.3 is 5.73 Å². The van der Waals surface area contributed by atoms with Crippen molar-refractivity contribution in [3.8, 4) is 0 Å². The number of pyridine rings is 1. The Hall–Kier alpha value is -0.790. The second-order valence-corrected chi connectivity index (χ2v) is 5.13. The zero-order valence-electron chi connectivity index (χ0n) is 7.32. The lowest BCUT2D eigenvalue weighted by Crippen LogP contribution is -2.09. The van der Waals surface area contributed by atoms with Crippen LogP contribution in [0.1, 0.15) is 17.7 Å². The van der Waals surface area contributed by atoms with Crippen molar-refractivity contribution in [3.05, 3.63) is 23.5 Å². The van der Waals surface area contributed by atoms with Crippen LogP contribution in [0.4, 0.5) is 8.78 Å². The van der Waals surface area contributed by atoms with Gasteiger partial charge in [0.05, 0.1) is 0 Å². The highest BCUT2D eigenvalue weighted by Gasteiger charge is 2.25. The Morgan fingerprint density at radius 1 is 1.53 bits per heavy atom. The lowest BCUT2D eigenvalue weighted by Gasteiger charge is -2.08. The first-order chi connectivity index (χ1) is 6.88. The molecule has 0 aliphatic rings. The second kappa shape index (κ2) is 4.38. The predicted molar refractivity (Wildman–Crippen MR) is 50.1 cm³/mol. The average Bonchev–Trinajstić information content (AvgIpc) is 2.15. The van der Waals surface area contributed by atoms with Crippen molar-refractivity contribution >= 4 is 19.7 Å². The van der Waals surface area contributed by atoms with Gasteiger partial charge in [0.25, 0.3) is 15.5 Å². The number of nitrogens with two attached hydrogens (primary N) is 1. The van der Waals surface area contributed by atoms with E-state index in [1.807, 2.05) is 0 Å². The predicted octanol–water partition coefficient (Wildman–Crippen LogP) is 1.41. The van der Waals surface area contributed by atoms with Crippen LogP contribution < -0.4 is 5.73 Å². The van der Waals surface area contributed by atoms with E-state index in [9.17, 15) is 17.2 Å². The summed E-state index contributed by atoms with van der Waals surface area (Å²) in [7, 11) is 0.764. The lowest BCUT2D eigenvalue weighted by molar-refractivity contribution is 0.142. The van der Waals surface area contributed by atoms with Crippen molar-refractivity contribution in [3.63, 3.8) is 0 Å². The first-order valence-electron chi connectivity index (χ1n) is 3.78. The van der Waals surface area contributed by atoms with Crippen LogP contribution in [0.5, 0.6) is 0 Å². The Morgan fingerprint density at radius 3 is 2.53 bits per heavy atom. The molecule has 0 bridgehead atoms. The maximum Gasteiger partial charge on any atom is 0.281 e. The van der Waals surface area contributed by atoms with E-state index in [-0.39, 0.29) is 12.1 Å². The first kappa shape index (κ1) is 12.3. The van der Waals surface area contributed by atoms with E-state index in [1.54, 1.807) is 0 Å². The van der Waals surface area contributed by atoms with Gasteiger partial charge in [0.2, 0.25) is 0 Å². The molecule has 2 N–H and O–H groups in total. The zero-order chi connectivity index (χ0) is 11.6. The largest absolute Gasteiger partial charge is 0.326 e. The van der Waals surface area contributed by atoms with Crippen LogP contribution in [0.2, 0.25) is 0 Å². The number of aromatic nitrogens is 1. The van der Waals surface area contributed by atoms with Crippen LogP contribution in [0.25, 0.3) is 0 Å². The molecule has 15 heavy (non-hydrogen) atoms. The van der Waals surface area contributed by atoms with E-state index in [1.165, 1.54) is 6.07 Å². The highest BCUT2D eigenvalue weighted by atomic mass is 35.7. The van der Waals surface area contributed by atoms with Gasteiger partial charge in [-0.25, -0.2) is 17.2 Å². The average molecular weight is 257 g/mol. The molecule has 0 saturated carbocycles. The molecule has 84 valence electrons. The van der Waals surface area contributed by atoms with Gasteiger partial charge in [0.15, 0.2) is 0 Å². The van der Waals surface area contributed by atoms with Crippen molar-refractivity contribution in [1.82, 2.24) is 4.98 Å². The van der Waals surface area contributed by atoms with E-state index < -0.39 is 26.1 Å². The molecule has 0 radical (unpaired) electrons. The quantitative estimate of drug-likeness (QED) is 0.830. The van der Waals surface area contributed by atoms with Crippen molar-refractivity contribution in [2.75, 3.05) is 0 Å². The van der Waals surface area contributed by atoms with Gasteiger partial charge in [-0.2, -0.15) is 0 Å². The minimum absolute atomic E-state index is 0.0234. The molecular formula is C7H7ClF2N2O2S. The molecule has 1 aromatic rings. The Kier molecular flexibility index (Phi) is 3.58. The number of alkyl halides is 2. The summed E-state index contributed by atoms with van der Waals surface area (Å²) < 4.78 is 47.0. The third-order valence-electron chi connectivity index (χ3n) is 1.68. The number of rotatable bonds is 3. The third-order valence-corrected chi connectivity index (χ3v) is 3.11.